The Bertz CT molecular complexity index is 1150. The fourth-order valence-corrected chi connectivity index (χ4v) is 4.08. The summed E-state index contributed by atoms with van der Waals surface area (Å²) >= 11 is 15.5. The predicted molar refractivity (Wildman–Crippen MR) is 114 cm³/mol. The minimum Gasteiger partial charge on any atom is -0.341 e. The molecule has 2 N–H and O–H groups in total. The molecule has 8 heteroatoms. The van der Waals surface area contributed by atoms with E-state index in [2.05, 4.69) is 26.6 Å². The van der Waals surface area contributed by atoms with Crippen LogP contribution in [0.5, 0.6) is 0 Å². The number of rotatable bonds is 3. The monoisotopic (exact) mass is 492 g/mol. The van der Waals surface area contributed by atoms with Crippen molar-refractivity contribution in [3.05, 3.63) is 97.2 Å². The molecule has 1 heterocycles. The molecule has 3 aromatic carbocycles. The van der Waals surface area contributed by atoms with E-state index < -0.39 is 11.9 Å². The highest BCUT2D eigenvalue weighted by molar-refractivity contribution is 9.10. The summed E-state index contributed by atoms with van der Waals surface area (Å²) in [4.78, 5) is 25.3. The third-order valence-corrected chi connectivity index (χ3v) is 5.63. The first-order chi connectivity index (χ1) is 13.8. The summed E-state index contributed by atoms with van der Waals surface area (Å²) in [7, 11) is 0. The van der Waals surface area contributed by atoms with Crippen molar-refractivity contribution in [1.82, 2.24) is 5.32 Å². The number of hydrogen-bond donors (Lipinski definition) is 2. The van der Waals surface area contributed by atoms with Gasteiger partial charge in [0.2, 0.25) is 0 Å². The van der Waals surface area contributed by atoms with E-state index in [4.69, 9.17) is 23.2 Å². The Morgan fingerprint density at radius 1 is 1.07 bits per heavy atom. The molecule has 0 aliphatic carbocycles. The van der Waals surface area contributed by atoms with Crippen LogP contribution in [-0.2, 0) is 0 Å². The number of carbonyl (C=O) groups excluding carboxylic acids is 2. The van der Waals surface area contributed by atoms with E-state index in [1.165, 1.54) is 18.2 Å². The fraction of sp³-hybridized carbons (Fsp3) is 0.0476. The molecular weight excluding hydrogens is 482 g/mol. The predicted octanol–water partition coefficient (Wildman–Crippen LogP) is 5.98. The highest BCUT2D eigenvalue weighted by Crippen LogP contribution is 2.41. The molecular formula is C21H12BrCl2FN2O2. The first-order valence-corrected chi connectivity index (χ1v) is 10.0. The van der Waals surface area contributed by atoms with Gasteiger partial charge in [-0.2, -0.15) is 0 Å². The van der Waals surface area contributed by atoms with Crippen LogP contribution in [0.15, 0.2) is 59.1 Å². The maximum atomic E-state index is 13.8. The van der Waals surface area contributed by atoms with Crippen LogP contribution in [-0.4, -0.2) is 11.8 Å². The number of carbonyl (C=O) groups is 2. The van der Waals surface area contributed by atoms with Crippen molar-refractivity contribution in [2.24, 2.45) is 0 Å². The molecule has 0 radical (unpaired) electrons. The van der Waals surface area contributed by atoms with E-state index in [1.807, 2.05) is 0 Å². The van der Waals surface area contributed by atoms with Gasteiger partial charge in [0.05, 0.1) is 6.04 Å². The Labute approximate surface area is 184 Å². The van der Waals surface area contributed by atoms with Crippen LogP contribution in [0.3, 0.4) is 0 Å². The second-order valence-electron chi connectivity index (χ2n) is 6.45. The maximum Gasteiger partial charge on any atom is 0.255 e. The van der Waals surface area contributed by atoms with Gasteiger partial charge in [-0.3, -0.25) is 9.59 Å². The van der Waals surface area contributed by atoms with Crippen LogP contribution in [0.4, 0.5) is 10.1 Å². The van der Waals surface area contributed by atoms with Gasteiger partial charge in [-0.1, -0.05) is 39.1 Å². The van der Waals surface area contributed by atoms with Gasteiger partial charge in [0.25, 0.3) is 11.8 Å². The van der Waals surface area contributed by atoms with Gasteiger partial charge in [0.1, 0.15) is 5.82 Å². The Kier molecular flexibility index (Phi) is 5.34. The molecule has 0 aromatic heterocycles. The maximum absolute atomic E-state index is 13.8. The minimum absolute atomic E-state index is 0.308. The van der Waals surface area contributed by atoms with Crippen molar-refractivity contribution in [2.45, 2.75) is 6.04 Å². The van der Waals surface area contributed by atoms with Gasteiger partial charge in [-0.05, 0) is 54.6 Å². The summed E-state index contributed by atoms with van der Waals surface area (Å²) < 4.78 is 14.5. The second-order valence-corrected chi connectivity index (χ2v) is 8.21. The summed E-state index contributed by atoms with van der Waals surface area (Å²) in [6.07, 6.45) is 0. The number of amides is 2. The molecule has 1 aliphatic heterocycles. The van der Waals surface area contributed by atoms with E-state index >= 15 is 0 Å². The lowest BCUT2D eigenvalue weighted by atomic mass is 9.96. The van der Waals surface area contributed by atoms with Gasteiger partial charge < -0.3 is 10.6 Å². The fourth-order valence-electron chi connectivity index (χ4n) is 3.27. The molecule has 0 saturated heterocycles. The van der Waals surface area contributed by atoms with Crippen molar-refractivity contribution in [3.63, 3.8) is 0 Å². The van der Waals surface area contributed by atoms with Gasteiger partial charge in [-0.15, -0.1) is 0 Å². The quantitative estimate of drug-likeness (QED) is 0.471. The Hall–Kier alpha value is -2.41. The molecule has 4 rings (SSSR count). The SMILES string of the molecule is O=C(Nc1cc(Br)cc2c1C(c1cc(F)ccc1Cl)NC2=O)c1ccc(Cl)cc1. The van der Waals surface area contributed by atoms with Gasteiger partial charge in [0, 0.05) is 42.5 Å². The zero-order chi connectivity index (χ0) is 20.7. The van der Waals surface area contributed by atoms with Crippen LogP contribution < -0.4 is 10.6 Å². The molecule has 146 valence electrons. The molecule has 3 aromatic rings. The minimum atomic E-state index is -0.700. The lowest BCUT2D eigenvalue weighted by Crippen LogP contribution is -2.21. The number of fused-ring (bicyclic) bond motifs is 1. The molecule has 0 saturated carbocycles. The topological polar surface area (TPSA) is 58.2 Å². The number of hydrogen-bond acceptors (Lipinski definition) is 2. The van der Waals surface area contributed by atoms with Crippen LogP contribution in [0.2, 0.25) is 10.0 Å². The van der Waals surface area contributed by atoms with Crippen LogP contribution in [0, 0.1) is 5.82 Å². The number of halogens is 4. The van der Waals surface area contributed by atoms with Crippen LogP contribution in [0.25, 0.3) is 0 Å². The summed E-state index contributed by atoms with van der Waals surface area (Å²) in [6.45, 7) is 0. The molecule has 1 atom stereocenters. The highest BCUT2D eigenvalue weighted by atomic mass is 79.9. The summed E-state index contributed by atoms with van der Waals surface area (Å²) in [5.41, 5.74) is 2.12. The van der Waals surface area contributed by atoms with Crippen molar-refractivity contribution in [1.29, 1.82) is 0 Å². The Morgan fingerprint density at radius 2 is 1.79 bits per heavy atom. The Balaban J connectivity index is 1.79. The molecule has 0 bridgehead atoms. The molecule has 0 fully saturated rings. The van der Waals surface area contributed by atoms with Gasteiger partial charge >= 0.3 is 0 Å². The van der Waals surface area contributed by atoms with Crippen molar-refractivity contribution < 1.29 is 14.0 Å². The number of anilines is 1. The number of benzene rings is 3. The molecule has 1 unspecified atom stereocenters. The first-order valence-electron chi connectivity index (χ1n) is 8.49. The Morgan fingerprint density at radius 3 is 2.52 bits per heavy atom. The lowest BCUT2D eigenvalue weighted by Gasteiger charge is -2.18. The third-order valence-electron chi connectivity index (χ3n) is 4.58. The van der Waals surface area contributed by atoms with Crippen molar-refractivity contribution in [3.8, 4) is 0 Å². The average molecular weight is 494 g/mol. The largest absolute Gasteiger partial charge is 0.341 e. The van der Waals surface area contributed by atoms with Gasteiger partial charge in [-0.25, -0.2) is 4.39 Å². The van der Waals surface area contributed by atoms with Crippen molar-refractivity contribution in [2.75, 3.05) is 5.32 Å². The molecule has 2 amide bonds. The smallest absolute Gasteiger partial charge is 0.255 e. The lowest BCUT2D eigenvalue weighted by molar-refractivity contribution is 0.0959. The third kappa shape index (κ3) is 3.88. The normalized spacial score (nSPS) is 15.0. The van der Waals surface area contributed by atoms with E-state index in [0.717, 1.165) is 0 Å². The zero-order valence-corrected chi connectivity index (χ0v) is 17.7. The van der Waals surface area contributed by atoms with E-state index in [0.29, 0.717) is 42.5 Å². The molecule has 0 spiro atoms. The summed E-state index contributed by atoms with van der Waals surface area (Å²) in [6, 6.07) is 13.0. The average Bonchev–Trinajstić information content (AvgIpc) is 3.00. The van der Waals surface area contributed by atoms with E-state index in [1.54, 1.807) is 36.4 Å². The molecule has 29 heavy (non-hydrogen) atoms. The molecule has 4 nitrogen and oxygen atoms in total. The van der Waals surface area contributed by atoms with E-state index in [9.17, 15) is 14.0 Å². The van der Waals surface area contributed by atoms with Crippen molar-refractivity contribution >= 4 is 56.6 Å². The number of nitrogens with one attached hydrogen (secondary N) is 2. The zero-order valence-electron chi connectivity index (χ0n) is 14.6. The summed E-state index contributed by atoms with van der Waals surface area (Å²) in [5, 5.41) is 6.47. The summed E-state index contributed by atoms with van der Waals surface area (Å²) in [5.74, 6) is -1.19. The van der Waals surface area contributed by atoms with Crippen LogP contribution >= 0.6 is 39.1 Å². The van der Waals surface area contributed by atoms with E-state index in [-0.39, 0.29) is 11.8 Å². The van der Waals surface area contributed by atoms with Crippen LogP contribution in [0.1, 0.15) is 37.9 Å². The molecule has 1 aliphatic rings. The highest BCUT2D eigenvalue weighted by Gasteiger charge is 2.34. The second kappa shape index (κ2) is 7.78. The van der Waals surface area contributed by atoms with Gasteiger partial charge in [0.15, 0.2) is 0 Å². The standard InChI is InChI=1S/C21H12BrCl2FN2O2/c22-11-7-15-18(17(8-11)26-20(28)10-1-3-12(23)4-2-10)19(27-21(15)29)14-9-13(25)5-6-16(14)24/h1-9,19H,(H,26,28)(H,27,29). The first kappa shape index (κ1) is 19.9.